The van der Waals surface area contributed by atoms with Gasteiger partial charge in [-0.25, -0.2) is 0 Å². The zero-order valence-corrected chi connectivity index (χ0v) is 14.9. The highest BCUT2D eigenvalue weighted by Crippen LogP contribution is 2.22. The van der Waals surface area contributed by atoms with Crippen molar-refractivity contribution in [3.63, 3.8) is 0 Å². The third-order valence-corrected chi connectivity index (χ3v) is 3.96. The van der Waals surface area contributed by atoms with E-state index >= 15 is 0 Å². The zero-order chi connectivity index (χ0) is 17.0. The van der Waals surface area contributed by atoms with Crippen LogP contribution in [0.4, 0.5) is 0 Å². The van der Waals surface area contributed by atoms with Crippen LogP contribution in [0.1, 0.15) is 51.7 Å². The molecule has 1 heterocycles. The van der Waals surface area contributed by atoms with Gasteiger partial charge in [0.2, 0.25) is 5.91 Å². The Morgan fingerprint density at radius 2 is 1.96 bits per heavy atom. The van der Waals surface area contributed by atoms with Crippen molar-refractivity contribution in [3.8, 4) is 0 Å². The molecule has 0 saturated heterocycles. The van der Waals surface area contributed by atoms with Gasteiger partial charge < -0.3 is 9.74 Å². The predicted molar refractivity (Wildman–Crippen MR) is 93.5 cm³/mol. The van der Waals surface area contributed by atoms with Gasteiger partial charge in [-0.05, 0) is 24.8 Å². The molecular weight excluding hydrogens is 288 g/mol. The molecule has 4 heteroatoms. The van der Waals surface area contributed by atoms with Crippen LogP contribution in [-0.2, 0) is 9.63 Å². The van der Waals surface area contributed by atoms with E-state index in [4.69, 9.17) is 4.84 Å². The molecule has 23 heavy (non-hydrogen) atoms. The molecule has 126 valence electrons. The summed E-state index contributed by atoms with van der Waals surface area (Å²) in [5.41, 5.74) is 3.30. The molecule has 1 atom stereocenters. The van der Waals surface area contributed by atoms with E-state index < -0.39 is 0 Å². The summed E-state index contributed by atoms with van der Waals surface area (Å²) < 4.78 is 0. The van der Waals surface area contributed by atoms with E-state index in [1.807, 2.05) is 11.8 Å². The number of hydrogen-bond acceptors (Lipinski definition) is 3. The molecular formula is C19H28N2O2. The molecule has 4 nitrogen and oxygen atoms in total. The normalized spacial score (nSPS) is 17.6. The lowest BCUT2D eigenvalue weighted by molar-refractivity contribution is -0.134. The summed E-state index contributed by atoms with van der Waals surface area (Å²) in [7, 11) is 0. The molecule has 0 N–H and O–H groups in total. The molecule has 0 spiro atoms. The van der Waals surface area contributed by atoms with Crippen LogP contribution < -0.4 is 0 Å². The minimum atomic E-state index is -0.0461. The molecule has 1 aromatic carbocycles. The van der Waals surface area contributed by atoms with Crippen molar-refractivity contribution in [2.45, 2.75) is 53.6 Å². The van der Waals surface area contributed by atoms with Crippen molar-refractivity contribution in [3.05, 3.63) is 35.4 Å². The Morgan fingerprint density at radius 1 is 1.30 bits per heavy atom. The minimum absolute atomic E-state index is 0.00456. The number of hydrogen-bond donors (Lipinski definition) is 0. The summed E-state index contributed by atoms with van der Waals surface area (Å²) in [5.74, 6) is 0.187. The lowest BCUT2D eigenvalue weighted by Gasteiger charge is -2.27. The van der Waals surface area contributed by atoms with Gasteiger partial charge in [-0.2, -0.15) is 0 Å². The number of nitrogens with zero attached hydrogens (tertiary/aromatic N) is 2. The Kier molecular flexibility index (Phi) is 5.45. The Bertz CT molecular complexity index is 570. The standard InChI is InChI=1S/C19H28N2O2/c1-6-21(18(22)12-19(3,4)5)13-16-11-17(20-23-16)15-9-7-14(2)8-10-15/h7-10,16H,6,11-13H2,1-5H3/t16-/m1/s1. The highest BCUT2D eigenvalue weighted by molar-refractivity contribution is 6.01. The van der Waals surface area contributed by atoms with E-state index in [0.717, 1.165) is 17.7 Å². The van der Waals surface area contributed by atoms with Crippen LogP contribution >= 0.6 is 0 Å². The predicted octanol–water partition coefficient (Wildman–Crippen LogP) is 3.77. The Morgan fingerprint density at radius 3 is 2.52 bits per heavy atom. The van der Waals surface area contributed by atoms with Gasteiger partial charge in [-0.15, -0.1) is 0 Å². The number of rotatable bonds is 5. The number of benzene rings is 1. The molecule has 1 amide bonds. The quantitative estimate of drug-likeness (QED) is 0.829. The van der Waals surface area contributed by atoms with Crippen molar-refractivity contribution in [2.24, 2.45) is 10.6 Å². The average molecular weight is 316 g/mol. The smallest absolute Gasteiger partial charge is 0.223 e. The van der Waals surface area contributed by atoms with Crippen LogP contribution in [0.15, 0.2) is 29.4 Å². The van der Waals surface area contributed by atoms with Crippen LogP contribution in [0, 0.1) is 12.3 Å². The van der Waals surface area contributed by atoms with Crippen LogP contribution in [-0.4, -0.2) is 35.7 Å². The van der Waals surface area contributed by atoms with Crippen molar-refractivity contribution in [1.82, 2.24) is 4.90 Å². The first kappa shape index (κ1) is 17.5. The second kappa shape index (κ2) is 7.16. The zero-order valence-electron chi connectivity index (χ0n) is 14.9. The van der Waals surface area contributed by atoms with Gasteiger partial charge in [0.05, 0.1) is 12.3 Å². The van der Waals surface area contributed by atoms with E-state index in [9.17, 15) is 4.79 Å². The Balaban J connectivity index is 1.92. The van der Waals surface area contributed by atoms with Gasteiger partial charge >= 0.3 is 0 Å². The fourth-order valence-electron chi connectivity index (χ4n) is 2.66. The number of aryl methyl sites for hydroxylation is 1. The molecule has 1 aliphatic heterocycles. The maximum atomic E-state index is 12.4. The summed E-state index contributed by atoms with van der Waals surface area (Å²) >= 11 is 0. The minimum Gasteiger partial charge on any atom is -0.390 e. The summed E-state index contributed by atoms with van der Waals surface area (Å²) in [4.78, 5) is 19.8. The summed E-state index contributed by atoms with van der Waals surface area (Å²) in [6.07, 6.45) is 1.26. The molecule has 1 aromatic rings. The highest BCUT2D eigenvalue weighted by Gasteiger charge is 2.27. The largest absolute Gasteiger partial charge is 0.390 e. The number of amides is 1. The molecule has 0 unspecified atom stereocenters. The summed E-state index contributed by atoms with van der Waals surface area (Å²) in [5, 5.41) is 4.22. The molecule has 2 rings (SSSR count). The van der Waals surface area contributed by atoms with Crippen LogP contribution in [0.3, 0.4) is 0 Å². The first-order valence-electron chi connectivity index (χ1n) is 8.36. The SMILES string of the molecule is CCN(C[C@H]1CC(c2ccc(C)cc2)=NO1)C(=O)CC(C)(C)C. The summed E-state index contributed by atoms with van der Waals surface area (Å²) in [6, 6.07) is 8.30. The van der Waals surface area contributed by atoms with E-state index in [-0.39, 0.29) is 17.4 Å². The number of carbonyl (C=O) groups is 1. The van der Waals surface area contributed by atoms with Crippen LogP contribution in [0.5, 0.6) is 0 Å². The van der Waals surface area contributed by atoms with Gasteiger partial charge in [0.25, 0.3) is 0 Å². The van der Waals surface area contributed by atoms with E-state index in [2.05, 4.69) is 57.1 Å². The first-order chi connectivity index (χ1) is 10.8. The lowest BCUT2D eigenvalue weighted by atomic mass is 9.91. The maximum absolute atomic E-state index is 12.4. The van der Waals surface area contributed by atoms with E-state index in [1.165, 1.54) is 5.56 Å². The Labute approximate surface area is 139 Å². The molecule has 0 aliphatic carbocycles. The third-order valence-electron chi connectivity index (χ3n) is 3.96. The molecule has 1 aliphatic rings. The summed E-state index contributed by atoms with van der Waals surface area (Å²) in [6.45, 7) is 11.6. The number of carbonyl (C=O) groups excluding carboxylic acids is 1. The van der Waals surface area contributed by atoms with Crippen molar-refractivity contribution < 1.29 is 9.63 Å². The van der Waals surface area contributed by atoms with Crippen molar-refractivity contribution in [2.75, 3.05) is 13.1 Å². The topological polar surface area (TPSA) is 41.9 Å². The average Bonchev–Trinajstić information content (AvgIpc) is 2.92. The van der Waals surface area contributed by atoms with Gasteiger partial charge in [-0.3, -0.25) is 4.79 Å². The van der Waals surface area contributed by atoms with E-state index in [1.54, 1.807) is 0 Å². The fraction of sp³-hybridized carbons (Fsp3) is 0.579. The van der Waals surface area contributed by atoms with Crippen LogP contribution in [0.25, 0.3) is 0 Å². The second-order valence-electron chi connectivity index (χ2n) is 7.51. The van der Waals surface area contributed by atoms with Gasteiger partial charge in [0.1, 0.15) is 0 Å². The lowest BCUT2D eigenvalue weighted by Crippen LogP contribution is -2.39. The Hall–Kier alpha value is -1.84. The van der Waals surface area contributed by atoms with Gasteiger partial charge in [0.15, 0.2) is 6.10 Å². The molecule has 0 aromatic heterocycles. The van der Waals surface area contributed by atoms with E-state index in [0.29, 0.717) is 19.5 Å². The van der Waals surface area contributed by atoms with Gasteiger partial charge in [0, 0.05) is 19.4 Å². The second-order valence-corrected chi connectivity index (χ2v) is 7.51. The molecule has 0 radical (unpaired) electrons. The van der Waals surface area contributed by atoms with Crippen molar-refractivity contribution in [1.29, 1.82) is 0 Å². The maximum Gasteiger partial charge on any atom is 0.223 e. The monoisotopic (exact) mass is 316 g/mol. The number of likely N-dealkylation sites (N-methyl/N-ethyl adjacent to an activating group) is 1. The van der Waals surface area contributed by atoms with Crippen LogP contribution in [0.2, 0.25) is 0 Å². The van der Waals surface area contributed by atoms with Gasteiger partial charge in [-0.1, -0.05) is 55.8 Å². The first-order valence-corrected chi connectivity index (χ1v) is 8.36. The van der Waals surface area contributed by atoms with Crippen molar-refractivity contribution >= 4 is 11.6 Å². The molecule has 0 saturated carbocycles. The highest BCUT2D eigenvalue weighted by atomic mass is 16.6. The molecule has 0 bridgehead atoms. The molecule has 0 fully saturated rings. The third kappa shape index (κ3) is 5.08. The fourth-order valence-corrected chi connectivity index (χ4v) is 2.66. The number of oxime groups is 1.